The van der Waals surface area contributed by atoms with Crippen LogP contribution in [0, 0.1) is 23.6 Å². The molecule has 4 unspecified atom stereocenters. The Hall–Kier alpha value is -2.93. The third kappa shape index (κ3) is 6.85. The number of halogens is 1. The number of methoxy groups -OCH3 is 1. The van der Waals surface area contributed by atoms with Gasteiger partial charge in [0.05, 0.1) is 19.5 Å². The van der Waals surface area contributed by atoms with Gasteiger partial charge in [0.2, 0.25) is 5.72 Å². The predicted octanol–water partition coefficient (Wildman–Crippen LogP) is 7.11. The minimum absolute atomic E-state index is 0.0389. The largest absolute Gasteiger partial charge is 0.510 e. The summed E-state index contributed by atoms with van der Waals surface area (Å²) in [5.74, 6) is 0.814. The first-order valence-electron chi connectivity index (χ1n) is 14.8. The first-order valence-corrected chi connectivity index (χ1v) is 14.8. The second-order valence-corrected chi connectivity index (χ2v) is 11.8. The van der Waals surface area contributed by atoms with Crippen molar-refractivity contribution in [3.05, 3.63) is 71.5 Å². The van der Waals surface area contributed by atoms with E-state index in [4.69, 9.17) is 14.5 Å². The average Bonchev–Trinajstić information content (AvgIpc) is 3.30. The maximum absolute atomic E-state index is 14.1. The number of nitrogens with zero attached hydrogens (tertiary/aromatic N) is 3. The van der Waals surface area contributed by atoms with Gasteiger partial charge >= 0.3 is 6.16 Å². The van der Waals surface area contributed by atoms with Crippen LogP contribution in [0.1, 0.15) is 69.5 Å². The predicted molar refractivity (Wildman–Crippen MR) is 158 cm³/mol. The van der Waals surface area contributed by atoms with Crippen LogP contribution < -0.4 is 0 Å². The molecule has 6 nitrogen and oxygen atoms in total. The van der Waals surface area contributed by atoms with Crippen LogP contribution in [-0.2, 0) is 15.9 Å². The molecular formula is C33H46FN3O3. The lowest BCUT2D eigenvalue weighted by Crippen LogP contribution is -2.54. The lowest BCUT2D eigenvalue weighted by Gasteiger charge is -2.43. The van der Waals surface area contributed by atoms with Crippen LogP contribution in [0.2, 0.25) is 0 Å². The van der Waals surface area contributed by atoms with Gasteiger partial charge in [-0.1, -0.05) is 69.2 Å². The summed E-state index contributed by atoms with van der Waals surface area (Å²) in [7, 11) is 5.54. The molecule has 2 aromatic carbocycles. The maximum Gasteiger partial charge on any atom is 0.510 e. The molecule has 0 saturated heterocycles. The van der Waals surface area contributed by atoms with E-state index in [1.165, 1.54) is 18.7 Å². The molecule has 1 aliphatic carbocycles. The van der Waals surface area contributed by atoms with Crippen molar-refractivity contribution < 1.29 is 18.7 Å². The fraction of sp³-hybridized carbons (Fsp3) is 0.576. The first-order chi connectivity index (χ1) is 19.3. The highest BCUT2D eigenvalue weighted by molar-refractivity contribution is 5.64. The summed E-state index contributed by atoms with van der Waals surface area (Å²) in [6.45, 7) is 5.04. The van der Waals surface area contributed by atoms with E-state index < -0.39 is 11.9 Å². The normalized spacial score (nSPS) is 26.1. The molecule has 0 radical (unpaired) electrons. The van der Waals surface area contributed by atoms with Gasteiger partial charge in [-0.15, -0.1) is 0 Å². The first kappa shape index (κ1) is 30.0. The Kier molecular flexibility index (Phi) is 10.2. The number of carbonyl (C=O) groups is 1. The smallest absolute Gasteiger partial charge is 0.438 e. The quantitative estimate of drug-likeness (QED) is 0.279. The highest BCUT2D eigenvalue weighted by Crippen LogP contribution is 2.45. The Bertz CT molecular complexity index is 1120. The third-order valence-corrected chi connectivity index (χ3v) is 9.16. The van der Waals surface area contributed by atoms with Crippen molar-refractivity contribution in [1.82, 2.24) is 9.80 Å². The molecule has 1 fully saturated rings. The molecule has 0 aromatic heterocycles. The van der Waals surface area contributed by atoms with Crippen LogP contribution in [0.4, 0.5) is 9.18 Å². The summed E-state index contributed by atoms with van der Waals surface area (Å²) in [5.41, 5.74) is 1.35. The van der Waals surface area contributed by atoms with Crippen molar-refractivity contribution in [1.29, 1.82) is 0 Å². The van der Waals surface area contributed by atoms with Gasteiger partial charge in [-0.25, -0.2) is 14.2 Å². The zero-order chi connectivity index (χ0) is 28.7. The summed E-state index contributed by atoms with van der Waals surface area (Å²) >= 11 is 0. The van der Waals surface area contributed by atoms with E-state index in [0.717, 1.165) is 57.1 Å². The maximum atomic E-state index is 14.1. The number of aliphatic imine (C=N–C) groups is 1. The molecule has 4 atom stereocenters. The fourth-order valence-corrected chi connectivity index (χ4v) is 6.85. The molecule has 0 amide bonds. The summed E-state index contributed by atoms with van der Waals surface area (Å²) in [4.78, 5) is 21.9. The highest BCUT2D eigenvalue weighted by atomic mass is 19.1. The number of rotatable bonds is 11. The number of hydrogen-bond donors (Lipinski definition) is 0. The van der Waals surface area contributed by atoms with Gasteiger partial charge in [-0.2, -0.15) is 0 Å². The number of carbonyl (C=O) groups excluding carboxylic acids is 1. The fourth-order valence-electron chi connectivity index (χ4n) is 6.85. The van der Waals surface area contributed by atoms with Crippen molar-refractivity contribution >= 4 is 12.5 Å². The minimum Gasteiger partial charge on any atom is -0.438 e. The Morgan fingerprint density at radius 1 is 1.12 bits per heavy atom. The lowest BCUT2D eigenvalue weighted by atomic mass is 9.73. The summed E-state index contributed by atoms with van der Waals surface area (Å²) in [6.07, 6.45) is 8.18. The van der Waals surface area contributed by atoms with Gasteiger partial charge in [-0.3, -0.25) is 0 Å². The van der Waals surface area contributed by atoms with E-state index in [2.05, 4.69) is 62.0 Å². The van der Waals surface area contributed by atoms with E-state index in [1.807, 2.05) is 24.5 Å². The zero-order valence-corrected chi connectivity index (χ0v) is 24.8. The molecule has 2 aromatic rings. The summed E-state index contributed by atoms with van der Waals surface area (Å²) in [6, 6.07) is 17.7. The minimum atomic E-state index is -0.969. The van der Waals surface area contributed by atoms with E-state index in [9.17, 15) is 9.18 Å². The van der Waals surface area contributed by atoms with E-state index in [-0.39, 0.29) is 23.8 Å². The number of ether oxygens (including phenoxy) is 2. The molecule has 1 heterocycles. The Balaban J connectivity index is 1.51. The standard InChI is InChI=1S/C33H46FN3O3/c1-6-24(2)33(40-32(38)39-5)30(37(23-35-33)20-19-25-11-8-7-9-12-25)21-26-15-17-27(18-16-26)31(36(3)4)28-13-10-14-29(34)22-28/h7-14,22-24,26-27,30-31H,6,15-21H2,1-5H3. The highest BCUT2D eigenvalue weighted by Gasteiger charge is 2.53. The van der Waals surface area contributed by atoms with Crippen molar-refractivity contribution in [2.75, 3.05) is 27.7 Å². The molecular weight excluding hydrogens is 505 g/mol. The van der Waals surface area contributed by atoms with Crippen LogP contribution in [0.5, 0.6) is 0 Å². The molecule has 1 saturated carbocycles. The van der Waals surface area contributed by atoms with Crippen molar-refractivity contribution in [2.24, 2.45) is 22.7 Å². The van der Waals surface area contributed by atoms with Crippen LogP contribution in [0.15, 0.2) is 59.6 Å². The zero-order valence-electron chi connectivity index (χ0n) is 24.8. The van der Waals surface area contributed by atoms with Crippen molar-refractivity contribution in [2.45, 2.75) is 76.6 Å². The Morgan fingerprint density at radius 2 is 1.85 bits per heavy atom. The molecule has 7 heteroatoms. The van der Waals surface area contributed by atoms with E-state index >= 15 is 0 Å². The molecule has 4 rings (SSSR count). The molecule has 0 N–H and O–H groups in total. The molecule has 2 aliphatic rings. The Labute approximate surface area is 239 Å². The van der Waals surface area contributed by atoms with Crippen LogP contribution in [-0.4, -0.2) is 61.8 Å². The van der Waals surface area contributed by atoms with Crippen LogP contribution in [0.3, 0.4) is 0 Å². The SMILES string of the molecule is CCC(C)C1(OC(=O)OC)N=CN(CCc2ccccc2)C1CC1CCC(C(c2cccc(F)c2)N(C)C)CC1. The molecule has 1 aliphatic heterocycles. The van der Waals surface area contributed by atoms with Gasteiger partial charge < -0.3 is 19.3 Å². The third-order valence-electron chi connectivity index (χ3n) is 9.16. The Morgan fingerprint density at radius 3 is 2.48 bits per heavy atom. The second-order valence-electron chi connectivity index (χ2n) is 11.8. The molecule has 0 spiro atoms. The van der Waals surface area contributed by atoms with Gasteiger partial charge in [-0.05, 0) is 81.3 Å². The van der Waals surface area contributed by atoms with Gasteiger partial charge in [0, 0.05) is 18.5 Å². The topological polar surface area (TPSA) is 54.4 Å². The van der Waals surface area contributed by atoms with E-state index in [0.29, 0.717) is 11.8 Å². The monoisotopic (exact) mass is 551 g/mol. The molecule has 218 valence electrons. The van der Waals surface area contributed by atoms with E-state index in [1.54, 1.807) is 6.07 Å². The molecule has 40 heavy (non-hydrogen) atoms. The van der Waals surface area contributed by atoms with Gasteiger partial charge in [0.25, 0.3) is 0 Å². The molecule has 0 bridgehead atoms. The number of hydrogen-bond acceptors (Lipinski definition) is 6. The summed E-state index contributed by atoms with van der Waals surface area (Å²) < 4.78 is 25.1. The summed E-state index contributed by atoms with van der Waals surface area (Å²) in [5, 5.41) is 0. The van der Waals surface area contributed by atoms with Crippen molar-refractivity contribution in [3.63, 3.8) is 0 Å². The second kappa shape index (κ2) is 13.6. The van der Waals surface area contributed by atoms with Crippen molar-refractivity contribution in [3.8, 4) is 0 Å². The van der Waals surface area contributed by atoms with Gasteiger partial charge in [0.15, 0.2) is 0 Å². The van der Waals surface area contributed by atoms with Crippen LogP contribution >= 0.6 is 0 Å². The van der Waals surface area contributed by atoms with Crippen LogP contribution in [0.25, 0.3) is 0 Å². The lowest BCUT2D eigenvalue weighted by molar-refractivity contribution is -0.0883. The average molecular weight is 552 g/mol. The van der Waals surface area contributed by atoms with Gasteiger partial charge in [0.1, 0.15) is 5.82 Å². The number of benzene rings is 2.